The fraction of sp³-hybridized carbons (Fsp3) is 0.0526. The molecule has 4 rings (SSSR count). The topological polar surface area (TPSA) is 39.4 Å². The Balaban J connectivity index is 1.47. The van der Waals surface area contributed by atoms with Crippen LogP contribution in [0.3, 0.4) is 0 Å². The van der Waals surface area contributed by atoms with E-state index in [1.807, 2.05) is 53.2 Å². The molecule has 23 heavy (non-hydrogen) atoms. The van der Waals surface area contributed by atoms with Crippen molar-refractivity contribution in [1.82, 2.24) is 14.4 Å². The maximum Gasteiger partial charge on any atom is 0.234 e. The van der Waals surface area contributed by atoms with Gasteiger partial charge < -0.3 is 4.74 Å². The van der Waals surface area contributed by atoms with Crippen molar-refractivity contribution in [2.75, 3.05) is 0 Å². The minimum absolute atomic E-state index is 0.425. The summed E-state index contributed by atoms with van der Waals surface area (Å²) in [6.45, 7) is 0.425. The first-order chi connectivity index (χ1) is 11.4. The van der Waals surface area contributed by atoms with E-state index in [2.05, 4.69) is 34.2 Å². The largest absolute Gasteiger partial charge is 0.487 e. The average Bonchev–Trinajstić information content (AvgIpc) is 3.04. The third-order valence-corrected chi connectivity index (χ3v) is 3.63. The van der Waals surface area contributed by atoms with Crippen LogP contribution in [0.5, 0.6) is 5.75 Å². The summed E-state index contributed by atoms with van der Waals surface area (Å²) in [6.07, 6.45) is 5.59. The molecule has 0 saturated heterocycles. The summed E-state index contributed by atoms with van der Waals surface area (Å²) in [5, 5.41) is 0. The van der Waals surface area contributed by atoms with Gasteiger partial charge in [-0.3, -0.25) is 4.40 Å². The van der Waals surface area contributed by atoms with E-state index in [1.165, 1.54) is 11.1 Å². The van der Waals surface area contributed by atoms with Crippen molar-refractivity contribution in [2.24, 2.45) is 0 Å². The van der Waals surface area contributed by atoms with Gasteiger partial charge in [-0.15, -0.1) is 0 Å². The van der Waals surface area contributed by atoms with Crippen LogP contribution in [0, 0.1) is 0 Å². The smallest absolute Gasteiger partial charge is 0.234 e. The zero-order chi connectivity index (χ0) is 15.5. The minimum Gasteiger partial charge on any atom is -0.487 e. The normalized spacial score (nSPS) is 10.8. The summed E-state index contributed by atoms with van der Waals surface area (Å²) in [4.78, 5) is 8.62. The van der Waals surface area contributed by atoms with E-state index < -0.39 is 0 Å². The molecule has 0 aliphatic heterocycles. The molecule has 0 spiro atoms. The number of imidazole rings is 1. The molecule has 4 aromatic rings. The zero-order valence-electron chi connectivity index (χ0n) is 12.5. The van der Waals surface area contributed by atoms with Crippen molar-refractivity contribution >= 4 is 5.78 Å². The quantitative estimate of drug-likeness (QED) is 0.572. The molecule has 0 radical (unpaired) electrons. The van der Waals surface area contributed by atoms with Gasteiger partial charge in [-0.25, -0.2) is 9.97 Å². The van der Waals surface area contributed by atoms with Crippen LogP contribution < -0.4 is 4.74 Å². The fourth-order valence-electron chi connectivity index (χ4n) is 2.48. The summed E-state index contributed by atoms with van der Waals surface area (Å²) >= 11 is 0. The van der Waals surface area contributed by atoms with E-state index >= 15 is 0 Å². The van der Waals surface area contributed by atoms with Gasteiger partial charge in [0.1, 0.15) is 12.4 Å². The van der Waals surface area contributed by atoms with E-state index in [0.717, 1.165) is 11.4 Å². The van der Waals surface area contributed by atoms with E-state index in [1.54, 1.807) is 6.20 Å². The van der Waals surface area contributed by atoms with Crippen LogP contribution in [-0.2, 0) is 6.61 Å². The second kappa shape index (κ2) is 5.93. The van der Waals surface area contributed by atoms with Crippen molar-refractivity contribution in [1.29, 1.82) is 0 Å². The Bertz CT molecular complexity index is 881. The second-order valence-corrected chi connectivity index (χ2v) is 5.24. The predicted molar refractivity (Wildman–Crippen MR) is 89.2 cm³/mol. The number of ether oxygens (including phenoxy) is 1. The van der Waals surface area contributed by atoms with Crippen LogP contribution in [-0.4, -0.2) is 14.4 Å². The lowest BCUT2D eigenvalue weighted by Gasteiger charge is -2.06. The summed E-state index contributed by atoms with van der Waals surface area (Å²) < 4.78 is 7.69. The molecule has 0 fully saturated rings. The SMILES string of the molecule is c1ccc(-c2ccc(OCc3cn4cccnc4n3)cc2)cc1. The van der Waals surface area contributed by atoms with Gasteiger partial charge in [0.15, 0.2) is 0 Å². The predicted octanol–water partition coefficient (Wildman–Crippen LogP) is 3.98. The molecule has 2 heterocycles. The van der Waals surface area contributed by atoms with Gasteiger partial charge >= 0.3 is 0 Å². The molecule has 0 aliphatic rings. The Kier molecular flexibility index (Phi) is 3.48. The Labute approximate surface area is 134 Å². The van der Waals surface area contributed by atoms with Gasteiger partial charge in [0.25, 0.3) is 0 Å². The molecule has 0 aliphatic carbocycles. The van der Waals surface area contributed by atoms with E-state index in [0.29, 0.717) is 12.4 Å². The molecule has 4 nitrogen and oxygen atoms in total. The lowest BCUT2D eigenvalue weighted by atomic mass is 10.1. The van der Waals surface area contributed by atoms with Crippen molar-refractivity contribution in [2.45, 2.75) is 6.61 Å². The molecular formula is C19H15N3O. The highest BCUT2D eigenvalue weighted by Crippen LogP contribution is 2.22. The van der Waals surface area contributed by atoms with Crippen molar-refractivity contribution < 1.29 is 4.74 Å². The van der Waals surface area contributed by atoms with Crippen molar-refractivity contribution in [3.63, 3.8) is 0 Å². The molecule has 0 unspecified atom stereocenters. The van der Waals surface area contributed by atoms with Crippen molar-refractivity contribution in [3.8, 4) is 16.9 Å². The first kappa shape index (κ1) is 13.5. The van der Waals surface area contributed by atoms with E-state index in [4.69, 9.17) is 4.74 Å². The van der Waals surface area contributed by atoms with Gasteiger partial charge in [0.2, 0.25) is 5.78 Å². The molecule has 0 amide bonds. The van der Waals surface area contributed by atoms with Crippen molar-refractivity contribution in [3.05, 3.63) is 84.9 Å². The third kappa shape index (κ3) is 2.92. The van der Waals surface area contributed by atoms with Gasteiger partial charge in [0, 0.05) is 18.6 Å². The highest BCUT2D eigenvalue weighted by molar-refractivity contribution is 5.63. The van der Waals surface area contributed by atoms with E-state index in [9.17, 15) is 0 Å². The summed E-state index contributed by atoms with van der Waals surface area (Å²) in [5.41, 5.74) is 3.23. The monoisotopic (exact) mass is 301 g/mol. The zero-order valence-corrected chi connectivity index (χ0v) is 12.5. The maximum atomic E-state index is 5.81. The molecule has 0 saturated carbocycles. The highest BCUT2D eigenvalue weighted by atomic mass is 16.5. The van der Waals surface area contributed by atoms with Crippen LogP contribution in [0.2, 0.25) is 0 Å². The molecule has 4 heteroatoms. The van der Waals surface area contributed by atoms with Crippen LogP contribution in [0.25, 0.3) is 16.9 Å². The van der Waals surface area contributed by atoms with Crippen LogP contribution in [0.4, 0.5) is 0 Å². The van der Waals surface area contributed by atoms with Crippen LogP contribution in [0.1, 0.15) is 5.69 Å². The standard InChI is InChI=1S/C19H15N3O/c1-2-5-15(6-3-1)16-7-9-18(10-8-16)23-14-17-13-22-12-4-11-20-19(22)21-17/h1-13H,14H2. The van der Waals surface area contributed by atoms with Gasteiger partial charge in [-0.05, 0) is 29.3 Å². The Hall–Kier alpha value is -3.14. The average molecular weight is 301 g/mol. The molecular weight excluding hydrogens is 286 g/mol. The Morgan fingerprint density at radius 2 is 1.65 bits per heavy atom. The number of hydrogen-bond donors (Lipinski definition) is 0. The van der Waals surface area contributed by atoms with Gasteiger partial charge in [-0.1, -0.05) is 42.5 Å². The Morgan fingerprint density at radius 1 is 0.870 bits per heavy atom. The number of aromatic nitrogens is 3. The number of nitrogens with zero attached hydrogens (tertiary/aromatic N) is 3. The number of fused-ring (bicyclic) bond motifs is 1. The Morgan fingerprint density at radius 3 is 2.43 bits per heavy atom. The second-order valence-electron chi connectivity index (χ2n) is 5.24. The minimum atomic E-state index is 0.425. The highest BCUT2D eigenvalue weighted by Gasteiger charge is 2.03. The lowest BCUT2D eigenvalue weighted by molar-refractivity contribution is 0.302. The molecule has 0 N–H and O–H groups in total. The van der Waals surface area contributed by atoms with Crippen LogP contribution >= 0.6 is 0 Å². The first-order valence-corrected chi connectivity index (χ1v) is 7.45. The summed E-state index contributed by atoms with van der Waals surface area (Å²) in [7, 11) is 0. The molecule has 2 aromatic heterocycles. The molecule has 0 bridgehead atoms. The van der Waals surface area contributed by atoms with E-state index in [-0.39, 0.29) is 0 Å². The maximum absolute atomic E-state index is 5.81. The third-order valence-electron chi connectivity index (χ3n) is 3.63. The molecule has 2 aromatic carbocycles. The summed E-state index contributed by atoms with van der Waals surface area (Å²) in [6, 6.07) is 20.3. The van der Waals surface area contributed by atoms with Crippen LogP contribution in [0.15, 0.2) is 79.3 Å². The first-order valence-electron chi connectivity index (χ1n) is 7.45. The van der Waals surface area contributed by atoms with Gasteiger partial charge in [0.05, 0.1) is 5.69 Å². The number of rotatable bonds is 4. The van der Waals surface area contributed by atoms with Gasteiger partial charge in [-0.2, -0.15) is 0 Å². The fourth-order valence-corrected chi connectivity index (χ4v) is 2.48. The molecule has 0 atom stereocenters. The number of hydrogen-bond acceptors (Lipinski definition) is 3. The number of benzene rings is 2. The summed E-state index contributed by atoms with van der Waals surface area (Å²) in [5.74, 6) is 1.51. The lowest BCUT2D eigenvalue weighted by Crippen LogP contribution is -1.95. The molecule has 112 valence electrons.